The largest absolute Gasteiger partial charge is 0.354 e. The molecule has 0 spiro atoms. The van der Waals surface area contributed by atoms with E-state index in [0.717, 1.165) is 24.9 Å². The van der Waals surface area contributed by atoms with Gasteiger partial charge in [-0.2, -0.15) is 5.10 Å². The van der Waals surface area contributed by atoms with Gasteiger partial charge in [-0.25, -0.2) is 0 Å². The average Bonchev–Trinajstić information content (AvgIpc) is 2.85. The fourth-order valence-corrected chi connectivity index (χ4v) is 3.06. The van der Waals surface area contributed by atoms with Crippen molar-refractivity contribution in [2.24, 2.45) is 11.1 Å². The predicted molar refractivity (Wildman–Crippen MR) is 86.4 cm³/mol. The smallest absolute Gasteiger partial charge is 0.220 e. The lowest BCUT2D eigenvalue weighted by molar-refractivity contribution is -0.123. The van der Waals surface area contributed by atoms with E-state index in [1.165, 1.54) is 19.3 Å². The molecule has 2 rings (SSSR count). The number of nitrogens with two attached hydrogens (primary N) is 1. The van der Waals surface area contributed by atoms with Crippen LogP contribution in [-0.2, 0) is 11.3 Å². The molecule has 5 nitrogen and oxygen atoms in total. The van der Waals surface area contributed by atoms with Crippen molar-refractivity contribution >= 4 is 18.3 Å². The number of aromatic nitrogens is 2. The van der Waals surface area contributed by atoms with Gasteiger partial charge in [0.25, 0.3) is 0 Å². The summed E-state index contributed by atoms with van der Waals surface area (Å²) < 4.78 is 1.86. The summed E-state index contributed by atoms with van der Waals surface area (Å²) in [6, 6.07) is 0. The number of carbonyl (C=O) groups is 1. The van der Waals surface area contributed by atoms with Gasteiger partial charge in [-0.1, -0.05) is 19.3 Å². The van der Waals surface area contributed by atoms with Gasteiger partial charge < -0.3 is 11.1 Å². The molecular weight excluding hydrogens is 288 g/mol. The maximum Gasteiger partial charge on any atom is 0.220 e. The highest BCUT2D eigenvalue weighted by molar-refractivity contribution is 5.85. The summed E-state index contributed by atoms with van der Waals surface area (Å²) in [6.07, 6.45) is 10.3. The number of hydrogen-bond donors (Lipinski definition) is 2. The Morgan fingerprint density at radius 1 is 1.43 bits per heavy atom. The van der Waals surface area contributed by atoms with E-state index in [1.54, 1.807) is 0 Å². The molecule has 1 fully saturated rings. The minimum Gasteiger partial charge on any atom is -0.354 e. The molecule has 1 aliphatic rings. The Balaban J connectivity index is 0.00000220. The highest BCUT2D eigenvalue weighted by atomic mass is 35.5. The number of halogens is 1. The van der Waals surface area contributed by atoms with E-state index in [4.69, 9.17) is 5.73 Å². The van der Waals surface area contributed by atoms with Crippen LogP contribution in [0, 0.1) is 12.3 Å². The van der Waals surface area contributed by atoms with Crippen LogP contribution in [0.5, 0.6) is 0 Å². The van der Waals surface area contributed by atoms with Crippen LogP contribution in [0.15, 0.2) is 12.4 Å². The summed E-state index contributed by atoms with van der Waals surface area (Å²) in [5.74, 6) is 0.126. The van der Waals surface area contributed by atoms with Gasteiger partial charge in [-0.05, 0) is 37.3 Å². The lowest BCUT2D eigenvalue weighted by Gasteiger charge is -2.35. The van der Waals surface area contributed by atoms with Crippen molar-refractivity contribution in [3.63, 3.8) is 0 Å². The number of hydrogen-bond acceptors (Lipinski definition) is 3. The van der Waals surface area contributed by atoms with Crippen molar-refractivity contribution in [2.45, 2.75) is 52.0 Å². The molecule has 0 aliphatic heterocycles. The van der Waals surface area contributed by atoms with E-state index >= 15 is 0 Å². The molecule has 120 valence electrons. The van der Waals surface area contributed by atoms with Gasteiger partial charge in [0.05, 0.1) is 12.7 Å². The standard InChI is InChI=1S/C15H26N4O.ClH/c1-13-10-18-19(11-13)8-7-17-14(20)9-15(12-16)5-3-2-4-6-15;/h10-11H,2-9,12,16H2,1H3,(H,17,20);1H. The third kappa shape index (κ3) is 5.32. The number of amides is 1. The first-order chi connectivity index (χ1) is 9.63. The number of nitrogens with one attached hydrogen (secondary N) is 1. The van der Waals surface area contributed by atoms with E-state index in [9.17, 15) is 4.79 Å². The van der Waals surface area contributed by atoms with Gasteiger partial charge in [0.15, 0.2) is 0 Å². The van der Waals surface area contributed by atoms with Crippen molar-refractivity contribution < 1.29 is 4.79 Å². The Morgan fingerprint density at radius 3 is 2.71 bits per heavy atom. The maximum atomic E-state index is 12.1. The van der Waals surface area contributed by atoms with E-state index in [2.05, 4.69) is 10.4 Å². The van der Waals surface area contributed by atoms with Crippen molar-refractivity contribution in [1.82, 2.24) is 15.1 Å². The van der Waals surface area contributed by atoms with Crippen molar-refractivity contribution in [3.05, 3.63) is 18.0 Å². The Labute approximate surface area is 133 Å². The molecule has 1 aromatic rings. The van der Waals surface area contributed by atoms with Gasteiger partial charge in [0, 0.05) is 19.2 Å². The minimum atomic E-state index is 0. The van der Waals surface area contributed by atoms with Crippen LogP contribution in [0.1, 0.15) is 44.1 Å². The highest BCUT2D eigenvalue weighted by Crippen LogP contribution is 2.38. The molecule has 1 aromatic heterocycles. The minimum absolute atomic E-state index is 0. The van der Waals surface area contributed by atoms with Crippen LogP contribution < -0.4 is 11.1 Å². The number of aryl methyl sites for hydroxylation is 1. The topological polar surface area (TPSA) is 72.9 Å². The Bertz CT molecular complexity index is 441. The van der Waals surface area contributed by atoms with Crippen LogP contribution in [-0.4, -0.2) is 28.8 Å². The summed E-state index contributed by atoms with van der Waals surface area (Å²) in [4.78, 5) is 12.1. The van der Waals surface area contributed by atoms with Gasteiger partial charge in [0.2, 0.25) is 5.91 Å². The van der Waals surface area contributed by atoms with Crippen molar-refractivity contribution in [3.8, 4) is 0 Å². The summed E-state index contributed by atoms with van der Waals surface area (Å²) in [6.45, 7) is 3.98. The summed E-state index contributed by atoms with van der Waals surface area (Å²) >= 11 is 0. The third-order valence-electron chi connectivity index (χ3n) is 4.31. The number of rotatable bonds is 6. The zero-order valence-electron chi connectivity index (χ0n) is 12.8. The average molecular weight is 315 g/mol. The molecule has 1 heterocycles. The van der Waals surface area contributed by atoms with Crippen molar-refractivity contribution in [2.75, 3.05) is 13.1 Å². The SMILES string of the molecule is Cc1cnn(CCNC(=O)CC2(CN)CCCCC2)c1.Cl. The molecule has 0 radical (unpaired) electrons. The second-order valence-corrected chi connectivity index (χ2v) is 6.07. The second kappa shape index (κ2) is 8.39. The van der Waals surface area contributed by atoms with E-state index < -0.39 is 0 Å². The zero-order chi connectivity index (χ0) is 14.4. The van der Waals surface area contributed by atoms with E-state index in [1.807, 2.05) is 24.0 Å². The molecule has 0 bridgehead atoms. The van der Waals surface area contributed by atoms with Crippen LogP contribution in [0.25, 0.3) is 0 Å². The van der Waals surface area contributed by atoms with Crippen LogP contribution in [0.4, 0.5) is 0 Å². The Kier molecular flexibility index (Phi) is 7.18. The first kappa shape index (κ1) is 18.0. The van der Waals surface area contributed by atoms with Crippen molar-refractivity contribution in [1.29, 1.82) is 0 Å². The van der Waals surface area contributed by atoms with Gasteiger partial charge in [-0.15, -0.1) is 12.4 Å². The molecule has 0 unspecified atom stereocenters. The lowest BCUT2D eigenvalue weighted by atomic mass is 9.71. The molecule has 0 aromatic carbocycles. The first-order valence-electron chi connectivity index (χ1n) is 7.59. The molecule has 1 saturated carbocycles. The number of nitrogens with zero attached hydrogens (tertiary/aromatic N) is 2. The molecule has 1 aliphatic carbocycles. The van der Waals surface area contributed by atoms with Crippen LogP contribution >= 0.6 is 12.4 Å². The Morgan fingerprint density at radius 2 is 2.14 bits per heavy atom. The molecule has 0 atom stereocenters. The van der Waals surface area contributed by atoms with Gasteiger partial charge >= 0.3 is 0 Å². The zero-order valence-corrected chi connectivity index (χ0v) is 13.6. The lowest BCUT2D eigenvalue weighted by Crippen LogP contribution is -2.39. The molecule has 6 heteroatoms. The van der Waals surface area contributed by atoms with E-state index in [-0.39, 0.29) is 23.7 Å². The quantitative estimate of drug-likeness (QED) is 0.844. The second-order valence-electron chi connectivity index (χ2n) is 6.07. The van der Waals surface area contributed by atoms with Gasteiger partial charge in [0.1, 0.15) is 0 Å². The maximum absolute atomic E-state index is 12.1. The molecule has 1 amide bonds. The molecule has 3 N–H and O–H groups in total. The summed E-state index contributed by atoms with van der Waals surface area (Å²) in [7, 11) is 0. The number of carbonyl (C=O) groups excluding carboxylic acids is 1. The fourth-order valence-electron chi connectivity index (χ4n) is 3.06. The normalized spacial score (nSPS) is 17.0. The summed E-state index contributed by atoms with van der Waals surface area (Å²) in [5.41, 5.74) is 7.10. The van der Waals surface area contributed by atoms with Gasteiger partial charge in [-0.3, -0.25) is 9.48 Å². The predicted octanol–water partition coefficient (Wildman–Crippen LogP) is 2.03. The molecule has 0 saturated heterocycles. The molecular formula is C15H27ClN4O. The molecule has 21 heavy (non-hydrogen) atoms. The van der Waals surface area contributed by atoms with Crippen LogP contribution in [0.3, 0.4) is 0 Å². The third-order valence-corrected chi connectivity index (χ3v) is 4.31. The first-order valence-corrected chi connectivity index (χ1v) is 7.59. The van der Waals surface area contributed by atoms with Crippen LogP contribution in [0.2, 0.25) is 0 Å². The monoisotopic (exact) mass is 314 g/mol. The highest BCUT2D eigenvalue weighted by Gasteiger charge is 2.32. The Hall–Kier alpha value is -1.07. The fraction of sp³-hybridized carbons (Fsp3) is 0.733. The van der Waals surface area contributed by atoms with E-state index in [0.29, 0.717) is 19.5 Å². The summed E-state index contributed by atoms with van der Waals surface area (Å²) in [5, 5.41) is 7.19.